The van der Waals surface area contributed by atoms with Crippen LogP contribution in [0.4, 0.5) is 14.5 Å². The smallest absolute Gasteiger partial charge is 0.320 e. The molecular weight excluding hydrogens is 208 g/mol. The minimum absolute atomic E-state index is 0.397. The van der Waals surface area contributed by atoms with E-state index in [2.05, 4.69) is 11.8 Å². The van der Waals surface area contributed by atoms with Crippen LogP contribution in [0.1, 0.15) is 5.56 Å². The van der Waals surface area contributed by atoms with Gasteiger partial charge in [0.1, 0.15) is 18.0 Å². The Labute approximate surface area is 83.3 Å². The van der Waals surface area contributed by atoms with E-state index in [0.717, 1.165) is 6.07 Å². The first kappa shape index (κ1) is 11.1. The van der Waals surface area contributed by atoms with Crippen molar-refractivity contribution >= 4 is 5.69 Å². The molecule has 78 valence electrons. The second kappa shape index (κ2) is 4.48. The largest absolute Gasteiger partial charge is 0.384 e. The van der Waals surface area contributed by atoms with Gasteiger partial charge >= 0.3 is 5.69 Å². The molecule has 0 aliphatic carbocycles. The van der Waals surface area contributed by atoms with Crippen LogP contribution in [0.2, 0.25) is 0 Å². The molecule has 0 heterocycles. The number of hydrogen-bond donors (Lipinski definition) is 1. The summed E-state index contributed by atoms with van der Waals surface area (Å²) < 4.78 is 25.7. The van der Waals surface area contributed by atoms with Gasteiger partial charge in [0.2, 0.25) is 5.82 Å². The van der Waals surface area contributed by atoms with Gasteiger partial charge in [-0.05, 0) is 6.07 Å². The Morgan fingerprint density at radius 1 is 1.47 bits per heavy atom. The molecular formula is C9H5F2NO3. The third kappa shape index (κ3) is 2.48. The maximum Gasteiger partial charge on any atom is 0.320 e. The molecule has 0 radical (unpaired) electrons. The molecule has 0 aliphatic rings. The Hall–Kier alpha value is -2.00. The van der Waals surface area contributed by atoms with Crippen LogP contribution in [0, 0.1) is 33.6 Å². The zero-order chi connectivity index (χ0) is 11.4. The van der Waals surface area contributed by atoms with Gasteiger partial charge in [0.05, 0.1) is 4.92 Å². The molecule has 0 amide bonds. The summed E-state index contributed by atoms with van der Waals surface area (Å²) >= 11 is 0. The van der Waals surface area contributed by atoms with Crippen LogP contribution in [-0.4, -0.2) is 16.6 Å². The van der Waals surface area contributed by atoms with Crippen LogP contribution in [0.15, 0.2) is 12.1 Å². The molecule has 15 heavy (non-hydrogen) atoms. The van der Waals surface area contributed by atoms with Crippen molar-refractivity contribution in [1.82, 2.24) is 0 Å². The van der Waals surface area contributed by atoms with Gasteiger partial charge < -0.3 is 5.11 Å². The van der Waals surface area contributed by atoms with Gasteiger partial charge in [-0.3, -0.25) is 10.1 Å². The van der Waals surface area contributed by atoms with E-state index in [0.29, 0.717) is 6.07 Å². The molecule has 6 heteroatoms. The molecule has 1 aromatic rings. The van der Waals surface area contributed by atoms with Gasteiger partial charge in [0.15, 0.2) is 0 Å². The van der Waals surface area contributed by atoms with E-state index in [1.807, 2.05) is 0 Å². The lowest BCUT2D eigenvalue weighted by molar-refractivity contribution is -0.387. The van der Waals surface area contributed by atoms with Gasteiger partial charge in [-0.2, -0.15) is 4.39 Å². The summed E-state index contributed by atoms with van der Waals surface area (Å²) in [7, 11) is 0. The van der Waals surface area contributed by atoms with Crippen LogP contribution in [0.5, 0.6) is 0 Å². The van der Waals surface area contributed by atoms with Gasteiger partial charge in [0.25, 0.3) is 0 Å². The molecule has 1 aromatic carbocycles. The summed E-state index contributed by atoms with van der Waals surface area (Å²) in [4.78, 5) is 9.44. The molecule has 0 fully saturated rings. The number of aliphatic hydroxyl groups excluding tert-OH is 1. The summed E-state index contributed by atoms with van der Waals surface area (Å²) in [6.45, 7) is -0.546. The van der Waals surface area contributed by atoms with E-state index < -0.39 is 34.4 Å². The molecule has 0 aromatic heterocycles. The van der Waals surface area contributed by atoms with Crippen LogP contribution >= 0.6 is 0 Å². The fourth-order valence-corrected chi connectivity index (χ4v) is 0.982. The van der Waals surface area contributed by atoms with E-state index in [4.69, 9.17) is 5.11 Å². The molecule has 0 saturated heterocycles. The molecule has 0 bridgehead atoms. The third-order valence-electron chi connectivity index (χ3n) is 1.51. The second-order valence-electron chi connectivity index (χ2n) is 2.50. The normalized spacial score (nSPS) is 9.27. The summed E-state index contributed by atoms with van der Waals surface area (Å²) in [6, 6.07) is 1.14. The fraction of sp³-hybridized carbons (Fsp3) is 0.111. The maximum absolute atomic E-state index is 13.0. The molecule has 1 N–H and O–H groups in total. The number of nitro groups is 1. The average molecular weight is 213 g/mol. The van der Waals surface area contributed by atoms with E-state index in [1.54, 1.807) is 0 Å². The summed E-state index contributed by atoms with van der Waals surface area (Å²) in [5, 5.41) is 18.8. The standard InChI is InChI=1S/C9H5F2NO3/c10-7-4-6(2-1-3-13)9(12(14)15)8(11)5-7/h4-5,13H,3H2. The van der Waals surface area contributed by atoms with Gasteiger partial charge in [-0.1, -0.05) is 11.8 Å². The van der Waals surface area contributed by atoms with Crippen molar-refractivity contribution in [2.75, 3.05) is 6.61 Å². The van der Waals surface area contributed by atoms with E-state index in [9.17, 15) is 18.9 Å². The highest BCUT2D eigenvalue weighted by atomic mass is 19.1. The molecule has 1 rings (SSSR count). The predicted octanol–water partition coefficient (Wildman–Crippen LogP) is 1.22. The second-order valence-corrected chi connectivity index (χ2v) is 2.50. The predicted molar refractivity (Wildman–Crippen MR) is 47.0 cm³/mol. The molecule has 0 saturated carbocycles. The number of aliphatic hydroxyl groups is 1. The van der Waals surface area contributed by atoms with Crippen molar-refractivity contribution in [1.29, 1.82) is 0 Å². The lowest BCUT2D eigenvalue weighted by atomic mass is 10.1. The fourth-order valence-electron chi connectivity index (χ4n) is 0.982. The Morgan fingerprint density at radius 2 is 2.13 bits per heavy atom. The lowest BCUT2D eigenvalue weighted by Crippen LogP contribution is -1.97. The zero-order valence-electron chi connectivity index (χ0n) is 7.33. The number of halogens is 2. The highest BCUT2D eigenvalue weighted by Crippen LogP contribution is 2.22. The van der Waals surface area contributed by atoms with Crippen LogP contribution in [0.3, 0.4) is 0 Å². The van der Waals surface area contributed by atoms with Crippen molar-refractivity contribution in [2.24, 2.45) is 0 Å². The van der Waals surface area contributed by atoms with Crippen LogP contribution in [0.25, 0.3) is 0 Å². The number of benzene rings is 1. The number of nitro benzene ring substituents is 1. The van der Waals surface area contributed by atoms with Crippen molar-refractivity contribution in [3.8, 4) is 11.8 Å². The third-order valence-corrected chi connectivity index (χ3v) is 1.51. The molecule has 0 atom stereocenters. The zero-order valence-corrected chi connectivity index (χ0v) is 7.33. The lowest BCUT2D eigenvalue weighted by Gasteiger charge is -1.97. The quantitative estimate of drug-likeness (QED) is 0.433. The minimum atomic E-state index is -1.29. The minimum Gasteiger partial charge on any atom is -0.384 e. The van der Waals surface area contributed by atoms with E-state index in [1.165, 1.54) is 0 Å². The first-order valence-electron chi connectivity index (χ1n) is 3.79. The summed E-state index contributed by atoms with van der Waals surface area (Å²) in [5.41, 5.74) is -1.29. The number of rotatable bonds is 1. The highest BCUT2D eigenvalue weighted by Gasteiger charge is 2.20. The van der Waals surface area contributed by atoms with Crippen molar-refractivity contribution in [2.45, 2.75) is 0 Å². The van der Waals surface area contributed by atoms with Gasteiger partial charge in [-0.15, -0.1) is 0 Å². The number of nitrogens with zero attached hydrogens (tertiary/aromatic N) is 1. The Morgan fingerprint density at radius 3 is 2.67 bits per heavy atom. The highest BCUT2D eigenvalue weighted by molar-refractivity contribution is 5.52. The maximum atomic E-state index is 13.0. The summed E-state index contributed by atoms with van der Waals surface area (Å²) in [6.07, 6.45) is 0. The van der Waals surface area contributed by atoms with E-state index in [-0.39, 0.29) is 0 Å². The number of hydrogen-bond acceptors (Lipinski definition) is 3. The molecule has 0 spiro atoms. The van der Waals surface area contributed by atoms with Crippen LogP contribution in [-0.2, 0) is 0 Å². The van der Waals surface area contributed by atoms with Crippen LogP contribution < -0.4 is 0 Å². The Balaban J connectivity index is 3.40. The first-order valence-corrected chi connectivity index (χ1v) is 3.79. The van der Waals surface area contributed by atoms with Gasteiger partial charge in [-0.25, -0.2) is 4.39 Å². The van der Waals surface area contributed by atoms with Crippen molar-refractivity contribution < 1.29 is 18.8 Å². The Bertz CT molecular complexity index is 462. The van der Waals surface area contributed by atoms with Gasteiger partial charge in [0, 0.05) is 6.07 Å². The monoisotopic (exact) mass is 213 g/mol. The van der Waals surface area contributed by atoms with Crippen molar-refractivity contribution in [3.05, 3.63) is 39.4 Å². The van der Waals surface area contributed by atoms with E-state index >= 15 is 0 Å². The van der Waals surface area contributed by atoms with Crippen molar-refractivity contribution in [3.63, 3.8) is 0 Å². The molecule has 0 unspecified atom stereocenters. The summed E-state index contributed by atoms with van der Waals surface area (Å²) in [5.74, 6) is 1.94. The SMILES string of the molecule is O=[N+]([O-])c1c(F)cc(F)cc1C#CCO. The first-order chi connectivity index (χ1) is 7.06. The average Bonchev–Trinajstić information content (AvgIpc) is 2.12. The molecule has 4 nitrogen and oxygen atoms in total. The Kier molecular flexibility index (Phi) is 3.31. The topological polar surface area (TPSA) is 63.4 Å². The molecule has 0 aliphatic heterocycles.